The Bertz CT molecular complexity index is 529. The van der Waals surface area contributed by atoms with Crippen molar-refractivity contribution in [2.45, 2.75) is 52.7 Å². The number of halogens is 2. The maximum atomic E-state index is 12.0. The van der Waals surface area contributed by atoms with Crippen LogP contribution in [0.3, 0.4) is 0 Å². The quantitative estimate of drug-likeness (QED) is 0.686. The molecule has 1 N–H and O–H groups in total. The largest absolute Gasteiger partial charge is 0.488 e. The monoisotopic (exact) mass is 405 g/mol. The first-order valence-electron chi connectivity index (χ1n) is 7.63. The van der Waals surface area contributed by atoms with Crippen LogP contribution >= 0.6 is 27.5 Å². The van der Waals surface area contributed by atoms with Gasteiger partial charge in [-0.1, -0.05) is 41.4 Å². The lowest BCUT2D eigenvalue weighted by Gasteiger charge is -2.24. The summed E-state index contributed by atoms with van der Waals surface area (Å²) in [5.41, 5.74) is -0.338. The average Bonchev–Trinajstić information content (AvgIpc) is 2.34. The summed E-state index contributed by atoms with van der Waals surface area (Å²) in [7, 11) is 0. The molecule has 0 aliphatic carbocycles. The van der Waals surface area contributed by atoms with E-state index in [0.717, 1.165) is 4.47 Å². The predicted molar refractivity (Wildman–Crippen MR) is 97.3 cm³/mol. The molecule has 6 heteroatoms. The van der Waals surface area contributed by atoms with E-state index in [1.807, 2.05) is 26.8 Å². The van der Waals surface area contributed by atoms with E-state index in [1.165, 1.54) is 0 Å². The number of benzene rings is 1. The molecule has 1 amide bonds. The number of amides is 1. The molecule has 1 aromatic rings. The van der Waals surface area contributed by atoms with Gasteiger partial charge in [-0.3, -0.25) is 0 Å². The van der Waals surface area contributed by atoms with Gasteiger partial charge in [0.25, 0.3) is 0 Å². The fourth-order valence-corrected chi connectivity index (χ4v) is 2.67. The summed E-state index contributed by atoms with van der Waals surface area (Å²) in [5.74, 6) is 0.954. The van der Waals surface area contributed by atoms with Gasteiger partial charge in [0.05, 0.1) is 5.02 Å². The first-order valence-corrected chi connectivity index (χ1v) is 8.80. The lowest BCUT2D eigenvalue weighted by atomic mass is 10.1. The van der Waals surface area contributed by atoms with Gasteiger partial charge in [0.2, 0.25) is 0 Å². The van der Waals surface area contributed by atoms with Crippen LogP contribution < -0.4 is 10.1 Å². The normalized spacial score (nSPS) is 12.9. The van der Waals surface area contributed by atoms with E-state index < -0.39 is 6.09 Å². The van der Waals surface area contributed by atoms with Crippen molar-refractivity contribution in [3.05, 3.63) is 27.7 Å². The number of nitrogens with one attached hydrogen (secondary N) is 1. The first kappa shape index (κ1) is 20.1. The third-order valence-electron chi connectivity index (χ3n) is 2.80. The minimum absolute atomic E-state index is 0.261. The van der Waals surface area contributed by atoms with Gasteiger partial charge in [-0.2, -0.15) is 0 Å². The number of hydrogen-bond acceptors (Lipinski definition) is 3. The van der Waals surface area contributed by atoms with Crippen LogP contribution in [-0.2, 0) is 4.74 Å². The molecule has 1 atom stereocenters. The highest BCUT2D eigenvalue weighted by Gasteiger charge is 2.21. The maximum Gasteiger partial charge on any atom is 0.407 e. The summed E-state index contributed by atoms with van der Waals surface area (Å²) in [6, 6.07) is 5.40. The lowest BCUT2D eigenvalue weighted by Crippen LogP contribution is -2.43. The molecule has 1 aromatic carbocycles. The Balaban J connectivity index is 2.65. The van der Waals surface area contributed by atoms with E-state index in [0.29, 0.717) is 23.1 Å². The Kier molecular flexibility index (Phi) is 7.68. The van der Waals surface area contributed by atoms with Crippen molar-refractivity contribution < 1.29 is 14.3 Å². The van der Waals surface area contributed by atoms with Crippen LogP contribution in [0, 0.1) is 5.92 Å². The van der Waals surface area contributed by atoms with Crippen LogP contribution in [0.4, 0.5) is 4.79 Å². The van der Waals surface area contributed by atoms with E-state index in [-0.39, 0.29) is 18.2 Å². The minimum Gasteiger partial charge on any atom is -0.488 e. The Morgan fingerprint density at radius 1 is 1.35 bits per heavy atom. The van der Waals surface area contributed by atoms with Crippen LogP contribution in [0.2, 0.25) is 5.02 Å². The second-order valence-corrected chi connectivity index (χ2v) is 8.24. The SMILES string of the molecule is CC(C)C[C@@H](COc1ccc(Br)cc1Cl)OC(=O)NC(C)(C)C. The Hall–Kier alpha value is -0.940. The molecule has 23 heavy (non-hydrogen) atoms. The molecule has 0 aliphatic heterocycles. The molecule has 1 rings (SSSR count). The average molecular weight is 407 g/mol. The van der Waals surface area contributed by atoms with E-state index in [1.54, 1.807) is 12.1 Å². The van der Waals surface area contributed by atoms with Gasteiger partial charge >= 0.3 is 6.09 Å². The van der Waals surface area contributed by atoms with Crippen molar-refractivity contribution in [2.24, 2.45) is 5.92 Å². The van der Waals surface area contributed by atoms with Crippen molar-refractivity contribution in [2.75, 3.05) is 6.61 Å². The van der Waals surface area contributed by atoms with Crippen LogP contribution in [-0.4, -0.2) is 24.3 Å². The van der Waals surface area contributed by atoms with Gasteiger partial charge in [0, 0.05) is 10.0 Å². The zero-order valence-electron chi connectivity index (χ0n) is 14.3. The van der Waals surface area contributed by atoms with Gasteiger partial charge in [0.1, 0.15) is 18.5 Å². The van der Waals surface area contributed by atoms with Gasteiger partial charge in [-0.15, -0.1) is 0 Å². The van der Waals surface area contributed by atoms with Gasteiger partial charge in [-0.05, 0) is 51.3 Å². The number of carbonyl (C=O) groups is 1. The lowest BCUT2D eigenvalue weighted by molar-refractivity contribution is 0.0493. The number of ether oxygens (including phenoxy) is 2. The van der Waals surface area contributed by atoms with Crippen molar-refractivity contribution in [3.8, 4) is 5.75 Å². The Labute approximate surface area is 152 Å². The molecule has 0 spiro atoms. The summed E-state index contributed by atoms with van der Waals surface area (Å²) in [6.07, 6.45) is -0.0585. The molecule has 4 nitrogen and oxygen atoms in total. The Morgan fingerprint density at radius 3 is 2.52 bits per heavy atom. The Morgan fingerprint density at radius 2 is 2.00 bits per heavy atom. The molecular formula is C17H25BrClNO3. The zero-order valence-corrected chi connectivity index (χ0v) is 16.6. The molecule has 0 heterocycles. The second kappa shape index (κ2) is 8.78. The highest BCUT2D eigenvalue weighted by Crippen LogP contribution is 2.28. The highest BCUT2D eigenvalue weighted by atomic mass is 79.9. The third-order valence-corrected chi connectivity index (χ3v) is 3.59. The fourth-order valence-electron chi connectivity index (χ4n) is 1.94. The third kappa shape index (κ3) is 8.47. The molecule has 0 bridgehead atoms. The maximum absolute atomic E-state index is 12.0. The van der Waals surface area contributed by atoms with Crippen LogP contribution in [0.1, 0.15) is 41.0 Å². The molecule has 0 saturated heterocycles. The summed E-state index contributed by atoms with van der Waals surface area (Å²) >= 11 is 9.49. The second-order valence-electron chi connectivity index (χ2n) is 6.92. The van der Waals surface area contributed by atoms with E-state index in [4.69, 9.17) is 21.1 Å². The van der Waals surface area contributed by atoms with E-state index in [2.05, 4.69) is 35.1 Å². The van der Waals surface area contributed by atoms with Crippen LogP contribution in [0.25, 0.3) is 0 Å². The van der Waals surface area contributed by atoms with Gasteiger partial charge in [-0.25, -0.2) is 4.79 Å². The van der Waals surface area contributed by atoms with Crippen LogP contribution in [0.5, 0.6) is 5.75 Å². The minimum atomic E-state index is -0.436. The molecule has 0 saturated carbocycles. The van der Waals surface area contributed by atoms with E-state index >= 15 is 0 Å². The summed E-state index contributed by atoms with van der Waals surface area (Å²) in [6.45, 7) is 10.1. The van der Waals surface area contributed by atoms with Gasteiger partial charge in [0.15, 0.2) is 0 Å². The van der Waals surface area contributed by atoms with Crippen molar-refractivity contribution >= 4 is 33.6 Å². The number of rotatable bonds is 6. The highest BCUT2D eigenvalue weighted by molar-refractivity contribution is 9.10. The number of hydrogen-bond donors (Lipinski definition) is 1. The summed E-state index contributed by atoms with van der Waals surface area (Å²) in [4.78, 5) is 12.0. The van der Waals surface area contributed by atoms with Crippen molar-refractivity contribution in [1.82, 2.24) is 5.32 Å². The summed E-state index contributed by atoms with van der Waals surface area (Å²) < 4.78 is 12.1. The smallest absolute Gasteiger partial charge is 0.407 e. The fraction of sp³-hybridized carbons (Fsp3) is 0.588. The molecule has 0 aromatic heterocycles. The predicted octanol–water partition coefficient (Wildman–Crippen LogP) is 5.42. The molecule has 130 valence electrons. The molecule has 0 fully saturated rings. The zero-order chi connectivity index (χ0) is 17.6. The van der Waals surface area contributed by atoms with Crippen LogP contribution in [0.15, 0.2) is 22.7 Å². The molecule has 0 radical (unpaired) electrons. The first-order chi connectivity index (χ1) is 10.6. The molecule has 0 unspecified atom stereocenters. The van der Waals surface area contributed by atoms with Crippen molar-refractivity contribution in [3.63, 3.8) is 0 Å². The molecular weight excluding hydrogens is 382 g/mol. The topological polar surface area (TPSA) is 47.6 Å². The van der Waals surface area contributed by atoms with Gasteiger partial charge < -0.3 is 14.8 Å². The number of carbonyl (C=O) groups excluding carboxylic acids is 1. The van der Waals surface area contributed by atoms with E-state index in [9.17, 15) is 4.79 Å². The number of alkyl carbamates (subject to hydrolysis) is 1. The standard InChI is InChI=1S/C17H25BrClNO3/c1-11(2)8-13(23-16(21)20-17(3,4)5)10-22-15-7-6-12(18)9-14(15)19/h6-7,9,11,13H,8,10H2,1-5H3,(H,20,21)/t13-/m0/s1. The van der Waals surface area contributed by atoms with Crippen molar-refractivity contribution in [1.29, 1.82) is 0 Å². The molecule has 0 aliphatic rings. The summed E-state index contributed by atoms with van der Waals surface area (Å²) in [5, 5.41) is 3.31.